The monoisotopic (exact) mass is 537 g/mol. The minimum absolute atomic E-state index is 0.155. The van der Waals surface area contributed by atoms with Crippen molar-refractivity contribution in [3.63, 3.8) is 0 Å². The van der Waals surface area contributed by atoms with Crippen molar-refractivity contribution >= 4 is 17.5 Å². The SMILES string of the molecule is COc1ccc(NCCNC(=O)C(CNC(=O)c2cccc(C)c2)c2ccc(Oc3ccccc3C)cc2)cc1. The van der Waals surface area contributed by atoms with Crippen LogP contribution in [0.25, 0.3) is 0 Å². The Labute approximate surface area is 235 Å². The van der Waals surface area contributed by atoms with Gasteiger partial charge in [0.2, 0.25) is 5.91 Å². The molecule has 0 bridgehead atoms. The first-order chi connectivity index (χ1) is 19.4. The van der Waals surface area contributed by atoms with Crippen molar-refractivity contribution in [2.24, 2.45) is 0 Å². The average molecular weight is 538 g/mol. The van der Waals surface area contributed by atoms with Crippen molar-refractivity contribution in [3.8, 4) is 17.2 Å². The Morgan fingerprint density at radius 1 is 0.775 bits per heavy atom. The van der Waals surface area contributed by atoms with Crippen LogP contribution in [0.2, 0.25) is 0 Å². The number of carbonyl (C=O) groups is 2. The number of anilines is 1. The Balaban J connectivity index is 1.41. The fraction of sp³-hybridized carbons (Fsp3) is 0.212. The van der Waals surface area contributed by atoms with E-state index in [-0.39, 0.29) is 18.4 Å². The van der Waals surface area contributed by atoms with E-state index in [9.17, 15) is 9.59 Å². The second-order valence-corrected chi connectivity index (χ2v) is 9.51. The molecule has 0 aromatic heterocycles. The van der Waals surface area contributed by atoms with E-state index in [1.807, 2.05) is 105 Å². The quantitative estimate of drug-likeness (QED) is 0.198. The maximum absolute atomic E-state index is 13.3. The number of amides is 2. The number of methoxy groups -OCH3 is 1. The van der Waals surface area contributed by atoms with E-state index >= 15 is 0 Å². The lowest BCUT2D eigenvalue weighted by Crippen LogP contribution is -2.39. The fourth-order valence-corrected chi connectivity index (χ4v) is 4.24. The smallest absolute Gasteiger partial charge is 0.251 e. The van der Waals surface area contributed by atoms with Gasteiger partial charge in [0.25, 0.3) is 5.91 Å². The highest BCUT2D eigenvalue weighted by Gasteiger charge is 2.22. The number of aryl methyl sites for hydroxylation is 2. The van der Waals surface area contributed by atoms with Gasteiger partial charge >= 0.3 is 0 Å². The van der Waals surface area contributed by atoms with Gasteiger partial charge in [-0.15, -0.1) is 0 Å². The summed E-state index contributed by atoms with van der Waals surface area (Å²) >= 11 is 0. The molecular weight excluding hydrogens is 502 g/mol. The molecule has 1 atom stereocenters. The first kappa shape index (κ1) is 28.2. The molecule has 7 nitrogen and oxygen atoms in total. The molecule has 0 fully saturated rings. The maximum atomic E-state index is 13.3. The van der Waals surface area contributed by atoms with Crippen molar-refractivity contribution in [3.05, 3.63) is 119 Å². The van der Waals surface area contributed by atoms with Crippen LogP contribution in [0, 0.1) is 13.8 Å². The fourth-order valence-electron chi connectivity index (χ4n) is 4.24. The molecule has 2 amide bonds. The summed E-state index contributed by atoms with van der Waals surface area (Å²) in [5.74, 6) is 1.26. The molecule has 40 heavy (non-hydrogen) atoms. The van der Waals surface area contributed by atoms with Crippen LogP contribution in [0.4, 0.5) is 5.69 Å². The van der Waals surface area contributed by atoms with E-state index in [0.717, 1.165) is 33.9 Å². The minimum Gasteiger partial charge on any atom is -0.497 e. The molecule has 1 unspecified atom stereocenters. The molecule has 4 rings (SSSR count). The molecule has 0 saturated carbocycles. The highest BCUT2D eigenvalue weighted by Crippen LogP contribution is 2.26. The second-order valence-electron chi connectivity index (χ2n) is 9.51. The maximum Gasteiger partial charge on any atom is 0.251 e. The second kappa shape index (κ2) is 13.8. The predicted molar refractivity (Wildman–Crippen MR) is 158 cm³/mol. The highest BCUT2D eigenvalue weighted by molar-refractivity contribution is 5.95. The molecule has 3 N–H and O–H groups in total. The van der Waals surface area contributed by atoms with Gasteiger partial charge in [-0.05, 0) is 79.6 Å². The Bertz CT molecular complexity index is 1420. The molecular formula is C33H35N3O4. The predicted octanol–water partition coefficient (Wildman–Crippen LogP) is 5.85. The number of ether oxygens (including phenoxy) is 2. The van der Waals surface area contributed by atoms with E-state index in [2.05, 4.69) is 16.0 Å². The molecule has 0 aliphatic heterocycles. The summed E-state index contributed by atoms with van der Waals surface area (Å²) in [5, 5.41) is 9.22. The van der Waals surface area contributed by atoms with Gasteiger partial charge in [0.15, 0.2) is 0 Å². The van der Waals surface area contributed by atoms with E-state index in [0.29, 0.717) is 24.4 Å². The number of para-hydroxylation sites is 1. The molecule has 4 aromatic rings. The Morgan fingerprint density at radius 2 is 1.50 bits per heavy atom. The van der Waals surface area contributed by atoms with Crippen LogP contribution in [0.1, 0.15) is 33.0 Å². The summed E-state index contributed by atoms with van der Waals surface area (Å²) < 4.78 is 11.2. The minimum atomic E-state index is -0.581. The number of carbonyl (C=O) groups excluding carboxylic acids is 2. The standard InChI is InChI=1S/C33H35N3O4/c1-23-7-6-9-26(21-23)32(37)36-22-30(33(38)35-20-19-34-27-13-17-28(39-3)18-14-27)25-11-15-29(16-12-25)40-31-10-5-4-8-24(31)2/h4-18,21,30,34H,19-20,22H2,1-3H3,(H,35,38)(H,36,37). The number of benzene rings is 4. The zero-order chi connectivity index (χ0) is 28.3. The largest absolute Gasteiger partial charge is 0.497 e. The molecule has 0 saturated heterocycles. The van der Waals surface area contributed by atoms with Crippen molar-refractivity contribution in [1.29, 1.82) is 0 Å². The first-order valence-electron chi connectivity index (χ1n) is 13.3. The van der Waals surface area contributed by atoms with Gasteiger partial charge < -0.3 is 25.4 Å². The van der Waals surface area contributed by atoms with Gasteiger partial charge in [0.05, 0.1) is 13.0 Å². The molecule has 0 radical (unpaired) electrons. The third kappa shape index (κ3) is 7.86. The molecule has 7 heteroatoms. The van der Waals surface area contributed by atoms with Crippen LogP contribution in [0.3, 0.4) is 0 Å². The van der Waals surface area contributed by atoms with Crippen LogP contribution in [0.15, 0.2) is 97.1 Å². The van der Waals surface area contributed by atoms with Crippen molar-refractivity contribution in [2.75, 3.05) is 32.1 Å². The molecule has 0 spiro atoms. The van der Waals surface area contributed by atoms with Gasteiger partial charge in [-0.3, -0.25) is 9.59 Å². The zero-order valence-corrected chi connectivity index (χ0v) is 23.1. The lowest BCUT2D eigenvalue weighted by Gasteiger charge is -2.19. The Kier molecular flexibility index (Phi) is 9.77. The number of hydrogen-bond donors (Lipinski definition) is 3. The topological polar surface area (TPSA) is 88.7 Å². The molecule has 0 aliphatic carbocycles. The van der Waals surface area contributed by atoms with Crippen LogP contribution in [-0.4, -0.2) is 38.6 Å². The van der Waals surface area contributed by atoms with E-state index in [1.165, 1.54) is 0 Å². The number of nitrogens with one attached hydrogen (secondary N) is 3. The van der Waals surface area contributed by atoms with Gasteiger partial charge in [-0.25, -0.2) is 0 Å². The number of hydrogen-bond acceptors (Lipinski definition) is 5. The third-order valence-corrected chi connectivity index (χ3v) is 6.51. The molecule has 4 aromatic carbocycles. The van der Waals surface area contributed by atoms with Crippen LogP contribution >= 0.6 is 0 Å². The molecule has 206 valence electrons. The van der Waals surface area contributed by atoms with Gasteiger partial charge in [0.1, 0.15) is 17.2 Å². The van der Waals surface area contributed by atoms with Gasteiger partial charge in [-0.2, -0.15) is 0 Å². The Morgan fingerprint density at radius 3 is 2.20 bits per heavy atom. The summed E-state index contributed by atoms with van der Waals surface area (Å²) in [6.45, 7) is 5.05. The van der Waals surface area contributed by atoms with E-state index in [4.69, 9.17) is 9.47 Å². The van der Waals surface area contributed by atoms with E-state index in [1.54, 1.807) is 13.2 Å². The van der Waals surface area contributed by atoms with Crippen molar-refractivity contribution in [2.45, 2.75) is 19.8 Å². The van der Waals surface area contributed by atoms with Crippen molar-refractivity contribution < 1.29 is 19.1 Å². The highest BCUT2D eigenvalue weighted by atomic mass is 16.5. The van der Waals surface area contributed by atoms with E-state index < -0.39 is 5.92 Å². The lowest BCUT2D eigenvalue weighted by molar-refractivity contribution is -0.122. The van der Waals surface area contributed by atoms with Crippen LogP contribution in [0.5, 0.6) is 17.2 Å². The molecule has 0 heterocycles. The normalized spacial score (nSPS) is 11.3. The number of rotatable bonds is 12. The Hall–Kier alpha value is -4.78. The zero-order valence-electron chi connectivity index (χ0n) is 23.1. The summed E-state index contributed by atoms with van der Waals surface area (Å²) in [7, 11) is 1.63. The average Bonchev–Trinajstić information content (AvgIpc) is 2.97. The summed E-state index contributed by atoms with van der Waals surface area (Å²) in [4.78, 5) is 26.2. The first-order valence-corrected chi connectivity index (χ1v) is 13.3. The summed E-state index contributed by atoms with van der Waals surface area (Å²) in [6, 6.07) is 30.2. The van der Waals surface area contributed by atoms with Gasteiger partial charge in [-0.1, -0.05) is 48.0 Å². The van der Waals surface area contributed by atoms with Crippen molar-refractivity contribution in [1.82, 2.24) is 10.6 Å². The van der Waals surface area contributed by atoms with Crippen LogP contribution < -0.4 is 25.4 Å². The molecule has 0 aliphatic rings. The van der Waals surface area contributed by atoms with Crippen LogP contribution in [-0.2, 0) is 4.79 Å². The van der Waals surface area contributed by atoms with Gasteiger partial charge in [0, 0.05) is 30.9 Å². The lowest BCUT2D eigenvalue weighted by atomic mass is 9.97. The summed E-state index contributed by atoms with van der Waals surface area (Å²) in [6.07, 6.45) is 0. The summed E-state index contributed by atoms with van der Waals surface area (Å²) in [5.41, 5.74) is 4.30. The third-order valence-electron chi connectivity index (χ3n) is 6.51.